The zero-order valence-electron chi connectivity index (χ0n) is 11.1. The van der Waals surface area contributed by atoms with Crippen molar-refractivity contribution >= 4 is 9.84 Å². The minimum absolute atomic E-state index is 0.0439. The van der Waals surface area contributed by atoms with Gasteiger partial charge < -0.3 is 0 Å². The molecule has 0 aliphatic carbocycles. The van der Waals surface area contributed by atoms with Gasteiger partial charge in [-0.2, -0.15) is 0 Å². The second-order valence-corrected chi connectivity index (χ2v) is 6.45. The average Bonchev–Trinajstić information content (AvgIpc) is 2.99. The van der Waals surface area contributed by atoms with Gasteiger partial charge in [-0.1, -0.05) is 48.5 Å². The average molecular weight is 299 g/mol. The Morgan fingerprint density at radius 2 is 1.52 bits per heavy atom. The van der Waals surface area contributed by atoms with E-state index in [1.54, 1.807) is 12.1 Å². The van der Waals surface area contributed by atoms with Crippen molar-refractivity contribution in [3.63, 3.8) is 0 Å². The summed E-state index contributed by atoms with van der Waals surface area (Å²) in [4.78, 5) is 0. The molecule has 0 saturated carbocycles. The van der Waals surface area contributed by atoms with Crippen LogP contribution in [0.25, 0.3) is 5.69 Å². The van der Waals surface area contributed by atoms with Crippen molar-refractivity contribution in [2.45, 2.75) is 10.9 Å². The third-order valence-corrected chi connectivity index (χ3v) is 4.58. The highest BCUT2D eigenvalue weighted by molar-refractivity contribution is 7.90. The van der Waals surface area contributed by atoms with E-state index in [-0.39, 0.29) is 10.9 Å². The van der Waals surface area contributed by atoms with Gasteiger partial charge in [0.25, 0.3) is 5.16 Å². The Labute approximate surface area is 122 Å². The lowest BCUT2D eigenvalue weighted by atomic mass is 10.2. The number of nitrogens with zero attached hydrogens (tertiary/aromatic N) is 3. The van der Waals surface area contributed by atoms with Crippen LogP contribution in [-0.2, 0) is 15.6 Å². The van der Waals surface area contributed by atoms with Gasteiger partial charge in [-0.25, -0.2) is 8.42 Å². The zero-order chi connectivity index (χ0) is 14.7. The lowest BCUT2D eigenvalue weighted by molar-refractivity contribution is 0.582. The fraction of sp³-hybridized carbons (Fsp3) is 0.0667. The Balaban J connectivity index is 2.00. The number of aromatic nitrogens is 3. The molecule has 0 bridgehead atoms. The van der Waals surface area contributed by atoms with Crippen LogP contribution in [0.4, 0.5) is 0 Å². The molecule has 0 amide bonds. The van der Waals surface area contributed by atoms with E-state index in [4.69, 9.17) is 0 Å². The lowest BCUT2D eigenvalue weighted by Crippen LogP contribution is -2.11. The molecule has 0 saturated heterocycles. The molecular weight excluding hydrogens is 286 g/mol. The second kappa shape index (κ2) is 5.49. The molecule has 3 aromatic rings. The molecule has 5 nitrogen and oxygen atoms in total. The molecule has 0 unspecified atom stereocenters. The summed E-state index contributed by atoms with van der Waals surface area (Å²) in [6.07, 6.45) is 1.41. The minimum atomic E-state index is -3.56. The Kier molecular flexibility index (Phi) is 3.53. The number of hydrogen-bond acceptors (Lipinski definition) is 4. The Bertz CT molecular complexity index is 828. The second-order valence-electron chi connectivity index (χ2n) is 4.56. The highest BCUT2D eigenvalue weighted by Gasteiger charge is 2.22. The topological polar surface area (TPSA) is 64.8 Å². The number of rotatable bonds is 4. The van der Waals surface area contributed by atoms with Crippen LogP contribution in [0.15, 0.2) is 72.1 Å². The van der Waals surface area contributed by atoms with Gasteiger partial charge in [0.2, 0.25) is 9.84 Å². The van der Waals surface area contributed by atoms with Crippen molar-refractivity contribution in [2.24, 2.45) is 0 Å². The highest BCUT2D eigenvalue weighted by atomic mass is 32.2. The fourth-order valence-corrected chi connectivity index (χ4v) is 3.44. The van der Waals surface area contributed by atoms with Gasteiger partial charge in [-0.15, -0.1) is 10.2 Å². The van der Waals surface area contributed by atoms with Crippen LogP contribution in [0.5, 0.6) is 0 Å². The van der Waals surface area contributed by atoms with Crippen LogP contribution in [-0.4, -0.2) is 23.2 Å². The van der Waals surface area contributed by atoms with E-state index in [1.165, 1.54) is 10.9 Å². The molecule has 3 rings (SSSR count). The van der Waals surface area contributed by atoms with Gasteiger partial charge in [0.05, 0.1) is 5.75 Å². The number of hydrogen-bond donors (Lipinski definition) is 0. The first-order valence-electron chi connectivity index (χ1n) is 6.39. The van der Waals surface area contributed by atoms with Gasteiger partial charge in [0, 0.05) is 5.69 Å². The summed E-state index contributed by atoms with van der Waals surface area (Å²) >= 11 is 0. The summed E-state index contributed by atoms with van der Waals surface area (Å²) in [5, 5.41) is 7.48. The van der Waals surface area contributed by atoms with E-state index >= 15 is 0 Å². The van der Waals surface area contributed by atoms with E-state index in [0.717, 1.165) is 5.56 Å². The van der Waals surface area contributed by atoms with Crippen LogP contribution in [0.2, 0.25) is 0 Å². The Hall–Kier alpha value is -2.47. The molecule has 0 atom stereocenters. The summed E-state index contributed by atoms with van der Waals surface area (Å²) in [6, 6.07) is 18.2. The molecule has 0 spiro atoms. The minimum Gasteiger partial charge on any atom is -0.272 e. The molecule has 106 valence electrons. The summed E-state index contributed by atoms with van der Waals surface area (Å²) in [5.41, 5.74) is 1.44. The standard InChI is InChI=1S/C15H13N3O2S/c19-21(20,11-13-7-3-1-4-8-13)15-17-16-12-18(15)14-9-5-2-6-10-14/h1-10,12H,11H2. The smallest absolute Gasteiger partial charge is 0.254 e. The van der Waals surface area contributed by atoms with Crippen molar-refractivity contribution in [1.29, 1.82) is 0 Å². The van der Waals surface area contributed by atoms with Gasteiger partial charge >= 0.3 is 0 Å². The first-order chi connectivity index (χ1) is 10.2. The maximum atomic E-state index is 12.5. The van der Waals surface area contributed by atoms with Crippen molar-refractivity contribution < 1.29 is 8.42 Å². The summed E-state index contributed by atoms with van der Waals surface area (Å²) in [5.74, 6) is -0.0979. The summed E-state index contributed by atoms with van der Waals surface area (Å²) in [6.45, 7) is 0. The van der Waals surface area contributed by atoms with E-state index < -0.39 is 9.84 Å². The van der Waals surface area contributed by atoms with E-state index in [2.05, 4.69) is 10.2 Å². The molecule has 0 aliphatic heterocycles. The molecule has 0 radical (unpaired) electrons. The van der Waals surface area contributed by atoms with Crippen molar-refractivity contribution in [3.8, 4) is 5.69 Å². The third-order valence-electron chi connectivity index (χ3n) is 3.03. The Morgan fingerprint density at radius 3 is 2.19 bits per heavy atom. The molecule has 2 aromatic carbocycles. The van der Waals surface area contributed by atoms with Crippen LogP contribution in [0.1, 0.15) is 5.56 Å². The van der Waals surface area contributed by atoms with Crippen LogP contribution in [0.3, 0.4) is 0 Å². The van der Waals surface area contributed by atoms with Crippen LogP contribution in [0, 0.1) is 0 Å². The first kappa shape index (κ1) is 13.5. The van der Waals surface area contributed by atoms with Crippen molar-refractivity contribution in [1.82, 2.24) is 14.8 Å². The molecular formula is C15H13N3O2S. The Morgan fingerprint density at radius 1 is 0.905 bits per heavy atom. The monoisotopic (exact) mass is 299 g/mol. The third kappa shape index (κ3) is 2.85. The van der Waals surface area contributed by atoms with Gasteiger partial charge in [0.1, 0.15) is 6.33 Å². The van der Waals surface area contributed by atoms with Gasteiger partial charge in [0.15, 0.2) is 0 Å². The number of para-hydroxylation sites is 1. The van der Waals surface area contributed by atoms with E-state index in [0.29, 0.717) is 5.69 Å². The van der Waals surface area contributed by atoms with Crippen molar-refractivity contribution in [2.75, 3.05) is 0 Å². The molecule has 1 aromatic heterocycles. The quantitative estimate of drug-likeness (QED) is 0.741. The zero-order valence-corrected chi connectivity index (χ0v) is 11.9. The van der Waals surface area contributed by atoms with E-state index in [9.17, 15) is 8.42 Å². The predicted molar refractivity (Wildman–Crippen MR) is 78.7 cm³/mol. The SMILES string of the molecule is O=S(=O)(Cc1ccccc1)c1nncn1-c1ccccc1. The first-order valence-corrected chi connectivity index (χ1v) is 8.04. The summed E-state index contributed by atoms with van der Waals surface area (Å²) in [7, 11) is -3.56. The molecule has 6 heteroatoms. The van der Waals surface area contributed by atoms with Gasteiger partial charge in [-0.05, 0) is 17.7 Å². The number of benzene rings is 2. The van der Waals surface area contributed by atoms with Crippen molar-refractivity contribution in [3.05, 3.63) is 72.6 Å². The van der Waals surface area contributed by atoms with Crippen LogP contribution < -0.4 is 0 Å². The molecule has 0 N–H and O–H groups in total. The lowest BCUT2D eigenvalue weighted by Gasteiger charge is -2.07. The molecule has 21 heavy (non-hydrogen) atoms. The predicted octanol–water partition coefficient (Wildman–Crippen LogP) is 2.24. The molecule has 0 fully saturated rings. The fourth-order valence-electron chi connectivity index (χ4n) is 2.06. The van der Waals surface area contributed by atoms with Gasteiger partial charge in [-0.3, -0.25) is 4.57 Å². The maximum Gasteiger partial charge on any atom is 0.254 e. The molecule has 1 heterocycles. The largest absolute Gasteiger partial charge is 0.272 e. The summed E-state index contributed by atoms with van der Waals surface area (Å²) < 4.78 is 26.6. The normalized spacial score (nSPS) is 11.4. The van der Waals surface area contributed by atoms with Crippen LogP contribution >= 0.6 is 0 Å². The molecule has 0 aliphatic rings. The highest BCUT2D eigenvalue weighted by Crippen LogP contribution is 2.17. The number of sulfone groups is 1. The van der Waals surface area contributed by atoms with E-state index in [1.807, 2.05) is 48.5 Å². The maximum absolute atomic E-state index is 12.5.